The Morgan fingerprint density at radius 1 is 1.06 bits per heavy atom. The van der Waals surface area contributed by atoms with Crippen molar-refractivity contribution in [3.8, 4) is 0 Å². The monoisotopic (exact) mass is 456 g/mol. The molecule has 2 aliphatic rings. The van der Waals surface area contributed by atoms with E-state index in [4.69, 9.17) is 16.3 Å². The van der Waals surface area contributed by atoms with Gasteiger partial charge in [0.15, 0.2) is 5.82 Å². The first kappa shape index (κ1) is 21.3. The summed E-state index contributed by atoms with van der Waals surface area (Å²) >= 11 is 6.63. The fourth-order valence-electron chi connectivity index (χ4n) is 4.64. The normalized spacial score (nSPS) is 20.6. The highest BCUT2D eigenvalue weighted by Gasteiger charge is 2.33. The molecule has 2 atom stereocenters. The average Bonchev–Trinajstić information content (AvgIpc) is 3.49. The van der Waals surface area contributed by atoms with Gasteiger partial charge in [-0.1, -0.05) is 41.9 Å². The maximum atomic E-state index is 14.3. The number of hydrogen-bond acceptors (Lipinski definition) is 6. The van der Waals surface area contributed by atoms with Gasteiger partial charge in [0, 0.05) is 37.8 Å². The van der Waals surface area contributed by atoms with Gasteiger partial charge in [0.25, 0.3) is 0 Å². The summed E-state index contributed by atoms with van der Waals surface area (Å²) in [7, 11) is 0. The van der Waals surface area contributed by atoms with Crippen LogP contribution in [0.15, 0.2) is 48.5 Å². The number of halogens is 2. The molecule has 2 fully saturated rings. The number of hydrogen-bond donors (Lipinski definition) is 0. The van der Waals surface area contributed by atoms with Gasteiger partial charge in [-0.25, -0.2) is 9.07 Å². The van der Waals surface area contributed by atoms with E-state index in [0.717, 1.165) is 43.9 Å². The van der Waals surface area contributed by atoms with Crippen LogP contribution in [0.2, 0.25) is 5.02 Å². The van der Waals surface area contributed by atoms with E-state index < -0.39 is 0 Å². The summed E-state index contributed by atoms with van der Waals surface area (Å²) in [6, 6.07) is 14.6. The molecule has 2 aromatic carbocycles. The molecular weight excluding hydrogens is 431 g/mol. The van der Waals surface area contributed by atoms with Crippen molar-refractivity contribution in [1.29, 1.82) is 0 Å². The predicted octanol–water partition coefficient (Wildman–Crippen LogP) is 3.56. The Hall–Kier alpha value is -2.55. The minimum atomic E-state index is -0.192. The maximum Gasteiger partial charge on any atom is 0.173 e. The van der Waals surface area contributed by atoms with Crippen LogP contribution < -0.4 is 4.90 Å². The fourth-order valence-corrected chi connectivity index (χ4v) is 4.88. The molecule has 0 spiro atoms. The summed E-state index contributed by atoms with van der Waals surface area (Å²) in [5, 5.41) is 13.4. The van der Waals surface area contributed by atoms with Crippen LogP contribution in [-0.4, -0.2) is 64.0 Å². The zero-order valence-corrected chi connectivity index (χ0v) is 18.5. The molecule has 2 saturated heterocycles. The molecule has 9 heteroatoms. The lowest BCUT2D eigenvalue weighted by Gasteiger charge is -2.40. The lowest BCUT2D eigenvalue weighted by molar-refractivity contribution is 0.0906. The highest BCUT2D eigenvalue weighted by atomic mass is 35.5. The third kappa shape index (κ3) is 4.35. The van der Waals surface area contributed by atoms with Gasteiger partial charge >= 0.3 is 0 Å². The molecule has 0 unspecified atom stereocenters. The van der Waals surface area contributed by atoms with Crippen molar-refractivity contribution in [2.24, 2.45) is 0 Å². The summed E-state index contributed by atoms with van der Waals surface area (Å²) < 4.78 is 22.0. The SMILES string of the molecule is Fc1ccccc1N1CCN([C@H](c2ccccc2Cl)c2nnnn2C[C@H]2CCCO2)CC1. The molecule has 0 amide bonds. The Balaban J connectivity index is 1.42. The van der Waals surface area contributed by atoms with Crippen LogP contribution in [0.4, 0.5) is 10.1 Å². The van der Waals surface area contributed by atoms with Gasteiger partial charge in [0.1, 0.15) is 5.82 Å². The Morgan fingerprint density at radius 3 is 2.59 bits per heavy atom. The smallest absolute Gasteiger partial charge is 0.173 e. The summed E-state index contributed by atoms with van der Waals surface area (Å²) in [6.07, 6.45) is 2.20. The molecular formula is C23H26ClFN6O. The predicted molar refractivity (Wildman–Crippen MR) is 120 cm³/mol. The van der Waals surface area contributed by atoms with Gasteiger partial charge in [-0.3, -0.25) is 4.90 Å². The minimum absolute atomic E-state index is 0.127. The van der Waals surface area contributed by atoms with E-state index in [1.54, 1.807) is 6.07 Å². The number of tetrazole rings is 1. The van der Waals surface area contributed by atoms with Gasteiger partial charge in [-0.15, -0.1) is 5.10 Å². The highest BCUT2D eigenvalue weighted by Crippen LogP contribution is 2.34. The third-order valence-corrected chi connectivity index (χ3v) is 6.62. The van der Waals surface area contributed by atoms with Gasteiger partial charge in [0.2, 0.25) is 0 Å². The summed E-state index contributed by atoms with van der Waals surface area (Å²) in [5.41, 5.74) is 1.61. The molecule has 32 heavy (non-hydrogen) atoms. The van der Waals surface area contributed by atoms with Crippen molar-refractivity contribution in [3.05, 3.63) is 70.8 Å². The van der Waals surface area contributed by atoms with Crippen molar-refractivity contribution < 1.29 is 9.13 Å². The summed E-state index contributed by atoms with van der Waals surface area (Å²) in [6.45, 7) is 4.28. The molecule has 168 valence electrons. The van der Waals surface area contributed by atoms with Gasteiger partial charge in [0.05, 0.1) is 24.4 Å². The van der Waals surface area contributed by atoms with Crippen molar-refractivity contribution in [3.63, 3.8) is 0 Å². The number of ether oxygens (including phenoxy) is 1. The molecule has 5 rings (SSSR count). The number of nitrogens with zero attached hydrogens (tertiary/aromatic N) is 6. The molecule has 0 bridgehead atoms. The quantitative estimate of drug-likeness (QED) is 0.565. The number of anilines is 1. The second kappa shape index (κ2) is 9.52. The lowest BCUT2D eigenvalue weighted by Crippen LogP contribution is -2.48. The van der Waals surface area contributed by atoms with Crippen LogP contribution in [0.1, 0.15) is 30.3 Å². The van der Waals surface area contributed by atoms with Crippen LogP contribution in [0.3, 0.4) is 0 Å². The Labute approximate surface area is 191 Å². The van der Waals surface area contributed by atoms with Gasteiger partial charge < -0.3 is 9.64 Å². The standard InChI is InChI=1S/C23H26ClFN6O/c24-19-8-2-1-7-18(19)22(23-26-27-28-31(23)16-17-6-5-15-32-17)30-13-11-29(12-14-30)21-10-4-3-9-20(21)25/h1-4,7-10,17,22H,5-6,11-16H2/t17-,22-/m1/s1. The maximum absolute atomic E-state index is 14.3. The zero-order chi connectivity index (χ0) is 21.9. The largest absolute Gasteiger partial charge is 0.376 e. The number of aromatic nitrogens is 4. The number of benzene rings is 2. The molecule has 7 nitrogen and oxygen atoms in total. The Morgan fingerprint density at radius 2 is 1.84 bits per heavy atom. The van der Waals surface area contributed by atoms with E-state index in [0.29, 0.717) is 30.3 Å². The van der Waals surface area contributed by atoms with E-state index in [1.807, 2.05) is 41.1 Å². The molecule has 0 N–H and O–H groups in total. The first-order valence-electron chi connectivity index (χ1n) is 11.1. The van der Waals surface area contributed by atoms with Crippen molar-refractivity contribution in [2.45, 2.75) is 31.5 Å². The van der Waals surface area contributed by atoms with Crippen molar-refractivity contribution in [2.75, 3.05) is 37.7 Å². The fraction of sp³-hybridized carbons (Fsp3) is 0.435. The van der Waals surface area contributed by atoms with Gasteiger partial charge in [-0.05, 0) is 47.0 Å². The van der Waals surface area contributed by atoms with E-state index in [2.05, 4.69) is 25.3 Å². The second-order valence-corrected chi connectivity index (χ2v) is 8.66. The van der Waals surface area contributed by atoms with Crippen LogP contribution in [0.25, 0.3) is 0 Å². The van der Waals surface area contributed by atoms with Crippen LogP contribution >= 0.6 is 11.6 Å². The molecule has 1 aromatic heterocycles. The molecule has 3 heterocycles. The number of piperazine rings is 1. The first-order chi connectivity index (χ1) is 15.7. The van der Waals surface area contributed by atoms with Crippen LogP contribution in [0.5, 0.6) is 0 Å². The van der Waals surface area contributed by atoms with E-state index in [9.17, 15) is 4.39 Å². The molecule has 2 aliphatic heterocycles. The van der Waals surface area contributed by atoms with E-state index >= 15 is 0 Å². The number of rotatable bonds is 6. The van der Waals surface area contributed by atoms with Gasteiger partial charge in [-0.2, -0.15) is 0 Å². The van der Waals surface area contributed by atoms with Crippen LogP contribution in [0, 0.1) is 5.82 Å². The highest BCUT2D eigenvalue weighted by molar-refractivity contribution is 6.31. The molecule has 0 radical (unpaired) electrons. The topological polar surface area (TPSA) is 59.3 Å². The minimum Gasteiger partial charge on any atom is -0.376 e. The summed E-state index contributed by atoms with van der Waals surface area (Å²) in [4.78, 5) is 4.42. The van der Waals surface area contributed by atoms with Crippen molar-refractivity contribution in [1.82, 2.24) is 25.1 Å². The van der Waals surface area contributed by atoms with E-state index in [1.165, 1.54) is 6.07 Å². The molecule has 0 aliphatic carbocycles. The van der Waals surface area contributed by atoms with Crippen LogP contribution in [-0.2, 0) is 11.3 Å². The molecule has 3 aromatic rings. The third-order valence-electron chi connectivity index (χ3n) is 6.28. The van der Waals surface area contributed by atoms with E-state index in [-0.39, 0.29) is 18.0 Å². The summed E-state index contributed by atoms with van der Waals surface area (Å²) in [5.74, 6) is 0.567. The lowest BCUT2D eigenvalue weighted by atomic mass is 10.0. The average molecular weight is 457 g/mol. The Kier molecular flexibility index (Phi) is 6.34. The zero-order valence-electron chi connectivity index (χ0n) is 17.8. The van der Waals surface area contributed by atoms with Crippen molar-refractivity contribution >= 4 is 17.3 Å². The first-order valence-corrected chi connectivity index (χ1v) is 11.4. The Bertz CT molecular complexity index is 1050. The number of para-hydroxylation sites is 1. The second-order valence-electron chi connectivity index (χ2n) is 8.25. The molecule has 0 saturated carbocycles.